The Kier molecular flexibility index (Phi) is 5.44. The third kappa shape index (κ3) is 4.37. The minimum absolute atomic E-state index is 0.0440. The summed E-state index contributed by atoms with van der Waals surface area (Å²) in [6, 6.07) is 7.26. The van der Waals surface area contributed by atoms with Crippen molar-refractivity contribution in [2.45, 2.75) is 31.1 Å². The number of thiocyanates is 1. The van der Waals surface area contributed by atoms with Crippen molar-refractivity contribution in [3.8, 4) is 5.40 Å². The van der Waals surface area contributed by atoms with Crippen molar-refractivity contribution in [3.63, 3.8) is 0 Å². The molecule has 84 valence electrons. The Labute approximate surface area is 99.8 Å². The van der Waals surface area contributed by atoms with Crippen LogP contribution in [0, 0.1) is 10.7 Å². The number of hydrogen-bond acceptors (Lipinski definition) is 3. The van der Waals surface area contributed by atoms with Gasteiger partial charge in [-0.15, -0.1) is 0 Å². The largest absolute Gasteiger partial charge is 0.326 e. The van der Waals surface area contributed by atoms with Crippen LogP contribution in [0.25, 0.3) is 0 Å². The van der Waals surface area contributed by atoms with Crippen molar-refractivity contribution in [3.05, 3.63) is 24.3 Å². The van der Waals surface area contributed by atoms with Crippen LogP contribution in [0.15, 0.2) is 29.2 Å². The van der Waals surface area contributed by atoms with Crippen LogP contribution in [0.5, 0.6) is 0 Å². The Morgan fingerprint density at radius 1 is 1.44 bits per heavy atom. The standard InChI is InChI=1S/C12H14N2OS/c1-2-3-4-12(15)14-10-5-7-11(8-6-10)16-9-13/h5-8H,2-4H2,1H3,(H,14,15). The molecule has 0 aliphatic rings. The van der Waals surface area contributed by atoms with E-state index in [1.165, 1.54) is 0 Å². The summed E-state index contributed by atoms with van der Waals surface area (Å²) in [5, 5.41) is 13.3. The number of nitrogens with one attached hydrogen (secondary N) is 1. The maximum absolute atomic E-state index is 11.4. The molecule has 1 N–H and O–H groups in total. The SMILES string of the molecule is CCCCC(=O)Nc1ccc(SC#N)cc1. The quantitative estimate of drug-likeness (QED) is 0.627. The number of carbonyl (C=O) groups is 1. The van der Waals surface area contributed by atoms with Gasteiger partial charge in [-0.1, -0.05) is 13.3 Å². The van der Waals surface area contributed by atoms with Crippen molar-refractivity contribution in [2.75, 3.05) is 5.32 Å². The number of amides is 1. The molecule has 4 heteroatoms. The van der Waals surface area contributed by atoms with Crippen LogP contribution in [0.2, 0.25) is 0 Å². The zero-order chi connectivity index (χ0) is 11.8. The molecule has 0 atom stereocenters. The molecular weight excluding hydrogens is 220 g/mol. The average Bonchev–Trinajstić information content (AvgIpc) is 2.29. The van der Waals surface area contributed by atoms with E-state index < -0.39 is 0 Å². The van der Waals surface area contributed by atoms with E-state index in [4.69, 9.17) is 5.26 Å². The second-order valence-corrected chi connectivity index (χ2v) is 4.23. The highest BCUT2D eigenvalue weighted by Crippen LogP contribution is 2.19. The summed E-state index contributed by atoms with van der Waals surface area (Å²) in [6.45, 7) is 2.06. The van der Waals surface area contributed by atoms with Crippen molar-refractivity contribution >= 4 is 23.4 Å². The van der Waals surface area contributed by atoms with Crippen LogP contribution in [0.4, 0.5) is 5.69 Å². The molecular formula is C12H14N2OS. The zero-order valence-electron chi connectivity index (χ0n) is 9.19. The van der Waals surface area contributed by atoms with Gasteiger partial charge in [-0.3, -0.25) is 4.79 Å². The maximum Gasteiger partial charge on any atom is 0.224 e. The molecule has 0 aliphatic heterocycles. The number of carbonyl (C=O) groups excluding carboxylic acids is 1. The molecule has 0 saturated heterocycles. The Morgan fingerprint density at radius 3 is 2.69 bits per heavy atom. The molecule has 1 amide bonds. The fourth-order valence-corrected chi connectivity index (χ4v) is 1.60. The van der Waals surface area contributed by atoms with Crippen molar-refractivity contribution in [1.29, 1.82) is 5.26 Å². The molecule has 0 aliphatic carbocycles. The second-order valence-electron chi connectivity index (χ2n) is 3.37. The molecule has 0 heterocycles. The van der Waals surface area contributed by atoms with Gasteiger partial charge < -0.3 is 5.32 Å². The number of nitrogens with zero attached hydrogens (tertiary/aromatic N) is 1. The van der Waals surface area contributed by atoms with Crippen LogP contribution in [-0.4, -0.2) is 5.91 Å². The first kappa shape index (κ1) is 12.6. The lowest BCUT2D eigenvalue weighted by Crippen LogP contribution is -2.10. The van der Waals surface area contributed by atoms with Gasteiger partial charge in [0.25, 0.3) is 0 Å². The van der Waals surface area contributed by atoms with E-state index in [1.54, 1.807) is 0 Å². The molecule has 0 unspecified atom stereocenters. The van der Waals surface area contributed by atoms with Gasteiger partial charge in [0.05, 0.1) is 0 Å². The highest BCUT2D eigenvalue weighted by molar-refractivity contribution is 8.03. The Balaban J connectivity index is 2.49. The summed E-state index contributed by atoms with van der Waals surface area (Å²) < 4.78 is 0. The summed E-state index contributed by atoms with van der Waals surface area (Å²) in [4.78, 5) is 12.3. The van der Waals surface area contributed by atoms with Crippen molar-refractivity contribution in [2.24, 2.45) is 0 Å². The predicted octanol–water partition coefficient (Wildman–Crippen LogP) is 3.39. The zero-order valence-corrected chi connectivity index (χ0v) is 10.0. The van der Waals surface area contributed by atoms with Gasteiger partial charge >= 0.3 is 0 Å². The van der Waals surface area contributed by atoms with Gasteiger partial charge in [0.1, 0.15) is 5.40 Å². The van der Waals surface area contributed by atoms with Gasteiger partial charge in [0, 0.05) is 17.0 Å². The summed E-state index contributed by atoms with van der Waals surface area (Å²) in [7, 11) is 0. The molecule has 1 rings (SSSR count). The Bertz CT molecular complexity index is 381. The van der Waals surface area contributed by atoms with Gasteiger partial charge in [0.15, 0.2) is 0 Å². The van der Waals surface area contributed by atoms with E-state index in [1.807, 2.05) is 29.7 Å². The van der Waals surface area contributed by atoms with E-state index in [0.717, 1.165) is 35.2 Å². The van der Waals surface area contributed by atoms with Crippen LogP contribution in [-0.2, 0) is 4.79 Å². The summed E-state index contributed by atoms with van der Waals surface area (Å²) >= 11 is 1.11. The number of nitriles is 1. The lowest BCUT2D eigenvalue weighted by atomic mass is 10.2. The molecule has 3 nitrogen and oxygen atoms in total. The first-order chi connectivity index (χ1) is 7.76. The molecule has 0 radical (unpaired) electrons. The minimum Gasteiger partial charge on any atom is -0.326 e. The fourth-order valence-electron chi connectivity index (χ4n) is 1.22. The summed E-state index contributed by atoms with van der Waals surface area (Å²) in [6.07, 6.45) is 2.49. The monoisotopic (exact) mass is 234 g/mol. The number of unbranched alkanes of at least 4 members (excludes halogenated alkanes) is 1. The number of hydrogen-bond donors (Lipinski definition) is 1. The minimum atomic E-state index is 0.0440. The normalized spacial score (nSPS) is 9.50. The molecule has 0 spiro atoms. The van der Waals surface area contributed by atoms with Crippen molar-refractivity contribution < 1.29 is 4.79 Å². The number of rotatable bonds is 5. The van der Waals surface area contributed by atoms with E-state index in [0.29, 0.717) is 6.42 Å². The molecule has 16 heavy (non-hydrogen) atoms. The van der Waals surface area contributed by atoms with Gasteiger partial charge in [-0.25, -0.2) is 0 Å². The van der Waals surface area contributed by atoms with Crippen LogP contribution >= 0.6 is 11.8 Å². The molecule has 1 aromatic rings. The highest BCUT2D eigenvalue weighted by atomic mass is 32.2. The second kappa shape index (κ2) is 6.91. The molecule has 0 fully saturated rings. The lowest BCUT2D eigenvalue weighted by molar-refractivity contribution is -0.116. The van der Waals surface area contributed by atoms with E-state index in [2.05, 4.69) is 12.2 Å². The fraction of sp³-hybridized carbons (Fsp3) is 0.333. The van der Waals surface area contributed by atoms with Crippen LogP contribution < -0.4 is 5.32 Å². The Hall–Kier alpha value is -1.47. The first-order valence-corrected chi connectivity index (χ1v) is 6.03. The Morgan fingerprint density at radius 2 is 2.12 bits per heavy atom. The molecule has 0 bridgehead atoms. The third-order valence-corrected chi connectivity index (χ3v) is 2.66. The van der Waals surface area contributed by atoms with Gasteiger partial charge in [-0.05, 0) is 42.4 Å². The smallest absolute Gasteiger partial charge is 0.224 e. The van der Waals surface area contributed by atoms with Crippen LogP contribution in [0.3, 0.4) is 0 Å². The number of anilines is 1. The summed E-state index contributed by atoms with van der Waals surface area (Å²) in [5.74, 6) is 0.0440. The third-order valence-electron chi connectivity index (χ3n) is 2.06. The maximum atomic E-state index is 11.4. The number of benzene rings is 1. The molecule has 1 aromatic carbocycles. The van der Waals surface area contributed by atoms with E-state index in [9.17, 15) is 4.79 Å². The van der Waals surface area contributed by atoms with Gasteiger partial charge in [-0.2, -0.15) is 5.26 Å². The predicted molar refractivity (Wildman–Crippen MR) is 66.1 cm³/mol. The first-order valence-electron chi connectivity index (χ1n) is 5.22. The van der Waals surface area contributed by atoms with E-state index >= 15 is 0 Å². The van der Waals surface area contributed by atoms with Gasteiger partial charge in [0.2, 0.25) is 5.91 Å². The molecule has 0 aromatic heterocycles. The average molecular weight is 234 g/mol. The topological polar surface area (TPSA) is 52.9 Å². The highest BCUT2D eigenvalue weighted by Gasteiger charge is 2.01. The molecule has 0 saturated carbocycles. The summed E-state index contributed by atoms with van der Waals surface area (Å²) in [5.41, 5.74) is 0.781. The van der Waals surface area contributed by atoms with Crippen molar-refractivity contribution in [1.82, 2.24) is 0 Å². The lowest BCUT2D eigenvalue weighted by Gasteiger charge is -2.04. The van der Waals surface area contributed by atoms with Crippen LogP contribution in [0.1, 0.15) is 26.2 Å². The number of thioether (sulfide) groups is 1. The van der Waals surface area contributed by atoms with E-state index in [-0.39, 0.29) is 5.91 Å².